The Morgan fingerprint density at radius 3 is 2.20 bits per heavy atom. The van der Waals surface area contributed by atoms with E-state index in [1.807, 2.05) is 0 Å². The fourth-order valence-electron chi connectivity index (χ4n) is 3.49. The SMILES string of the molecule is CC1=C(C)C(N2CCOCC2)CC=C1N1CCOCC1. The van der Waals surface area contributed by atoms with Crippen LogP contribution in [0.5, 0.6) is 0 Å². The van der Waals surface area contributed by atoms with Crippen molar-refractivity contribution in [1.82, 2.24) is 9.80 Å². The van der Waals surface area contributed by atoms with E-state index in [9.17, 15) is 0 Å². The number of hydrogen-bond acceptors (Lipinski definition) is 4. The molecule has 1 aliphatic carbocycles. The predicted octanol–water partition coefficient (Wildman–Crippen LogP) is 1.64. The molecule has 0 bridgehead atoms. The van der Waals surface area contributed by atoms with E-state index in [0.29, 0.717) is 6.04 Å². The molecule has 3 rings (SSSR count). The highest BCUT2D eigenvalue weighted by Gasteiger charge is 2.28. The molecule has 2 heterocycles. The van der Waals surface area contributed by atoms with Crippen molar-refractivity contribution >= 4 is 0 Å². The van der Waals surface area contributed by atoms with Crippen LogP contribution in [-0.2, 0) is 9.47 Å². The minimum absolute atomic E-state index is 0.573. The van der Waals surface area contributed by atoms with Crippen molar-refractivity contribution in [2.24, 2.45) is 0 Å². The number of allylic oxidation sites excluding steroid dienone is 1. The van der Waals surface area contributed by atoms with Gasteiger partial charge in [-0.25, -0.2) is 0 Å². The smallest absolute Gasteiger partial charge is 0.0642 e. The second kappa shape index (κ2) is 6.29. The average Bonchev–Trinajstić information content (AvgIpc) is 2.52. The van der Waals surface area contributed by atoms with E-state index in [0.717, 1.165) is 59.0 Å². The van der Waals surface area contributed by atoms with Gasteiger partial charge in [-0.3, -0.25) is 4.90 Å². The summed E-state index contributed by atoms with van der Waals surface area (Å²) in [6, 6.07) is 0.573. The normalized spacial score (nSPS) is 29.6. The van der Waals surface area contributed by atoms with Gasteiger partial charge in [0, 0.05) is 37.9 Å². The zero-order valence-corrected chi connectivity index (χ0v) is 12.7. The third-order valence-electron chi connectivity index (χ3n) is 4.85. The molecule has 0 spiro atoms. The Balaban J connectivity index is 1.72. The molecule has 2 saturated heterocycles. The van der Waals surface area contributed by atoms with Crippen molar-refractivity contribution in [2.75, 3.05) is 52.6 Å². The summed E-state index contributed by atoms with van der Waals surface area (Å²) in [6.07, 6.45) is 3.57. The van der Waals surface area contributed by atoms with Crippen molar-refractivity contribution in [2.45, 2.75) is 26.3 Å². The predicted molar refractivity (Wildman–Crippen MR) is 79.6 cm³/mol. The van der Waals surface area contributed by atoms with Crippen LogP contribution in [0.3, 0.4) is 0 Å². The van der Waals surface area contributed by atoms with Crippen molar-refractivity contribution in [3.8, 4) is 0 Å². The molecule has 0 aromatic heterocycles. The first-order chi connectivity index (χ1) is 9.77. The van der Waals surface area contributed by atoms with E-state index in [2.05, 4.69) is 29.7 Å². The van der Waals surface area contributed by atoms with Gasteiger partial charge in [-0.05, 0) is 25.8 Å². The van der Waals surface area contributed by atoms with Crippen LogP contribution in [0.15, 0.2) is 22.9 Å². The van der Waals surface area contributed by atoms with Gasteiger partial charge >= 0.3 is 0 Å². The van der Waals surface area contributed by atoms with Gasteiger partial charge in [0.1, 0.15) is 0 Å². The van der Waals surface area contributed by atoms with E-state index < -0.39 is 0 Å². The third kappa shape index (κ3) is 2.78. The van der Waals surface area contributed by atoms with Crippen molar-refractivity contribution in [3.63, 3.8) is 0 Å². The molecule has 1 unspecified atom stereocenters. The maximum atomic E-state index is 5.47. The quantitative estimate of drug-likeness (QED) is 0.767. The van der Waals surface area contributed by atoms with Gasteiger partial charge in [0.05, 0.1) is 26.4 Å². The lowest BCUT2D eigenvalue weighted by Crippen LogP contribution is -2.45. The highest BCUT2D eigenvalue weighted by Crippen LogP contribution is 2.31. The minimum atomic E-state index is 0.573. The van der Waals surface area contributed by atoms with Gasteiger partial charge < -0.3 is 14.4 Å². The number of hydrogen-bond donors (Lipinski definition) is 0. The highest BCUT2D eigenvalue weighted by molar-refractivity contribution is 5.38. The first-order valence-electron chi connectivity index (χ1n) is 7.80. The molecule has 4 nitrogen and oxygen atoms in total. The van der Waals surface area contributed by atoms with Gasteiger partial charge in [-0.2, -0.15) is 0 Å². The van der Waals surface area contributed by atoms with E-state index in [-0.39, 0.29) is 0 Å². The Labute approximate surface area is 122 Å². The zero-order chi connectivity index (χ0) is 13.9. The lowest BCUT2D eigenvalue weighted by atomic mass is 9.90. The topological polar surface area (TPSA) is 24.9 Å². The summed E-state index contributed by atoms with van der Waals surface area (Å²) in [7, 11) is 0. The summed E-state index contributed by atoms with van der Waals surface area (Å²) in [4.78, 5) is 5.06. The first kappa shape index (κ1) is 14.1. The molecule has 20 heavy (non-hydrogen) atoms. The molecular formula is C16H26N2O2. The Hall–Kier alpha value is -0.840. The fourth-order valence-corrected chi connectivity index (χ4v) is 3.49. The number of nitrogens with zero attached hydrogens (tertiary/aromatic N) is 2. The van der Waals surface area contributed by atoms with Crippen LogP contribution in [0, 0.1) is 0 Å². The van der Waals surface area contributed by atoms with Crippen LogP contribution in [0.2, 0.25) is 0 Å². The van der Waals surface area contributed by atoms with Crippen LogP contribution >= 0.6 is 0 Å². The molecule has 2 aliphatic heterocycles. The monoisotopic (exact) mass is 278 g/mol. The summed E-state index contributed by atoms with van der Waals surface area (Å²) in [5.41, 5.74) is 4.45. The lowest BCUT2D eigenvalue weighted by Gasteiger charge is -2.40. The number of rotatable bonds is 2. The van der Waals surface area contributed by atoms with E-state index >= 15 is 0 Å². The van der Waals surface area contributed by atoms with Crippen LogP contribution < -0.4 is 0 Å². The largest absolute Gasteiger partial charge is 0.379 e. The average molecular weight is 278 g/mol. The van der Waals surface area contributed by atoms with E-state index in [1.165, 1.54) is 16.8 Å². The fraction of sp³-hybridized carbons (Fsp3) is 0.750. The van der Waals surface area contributed by atoms with Crippen LogP contribution in [-0.4, -0.2) is 68.4 Å². The van der Waals surface area contributed by atoms with E-state index in [4.69, 9.17) is 9.47 Å². The third-order valence-corrected chi connectivity index (χ3v) is 4.85. The second-order valence-electron chi connectivity index (χ2n) is 5.90. The summed E-state index contributed by atoms with van der Waals surface area (Å²) in [6.45, 7) is 12.2. The summed E-state index contributed by atoms with van der Waals surface area (Å²) in [5.74, 6) is 0. The molecular weight excluding hydrogens is 252 g/mol. The molecule has 0 amide bonds. The van der Waals surface area contributed by atoms with Gasteiger partial charge in [-0.15, -0.1) is 0 Å². The molecule has 0 aromatic carbocycles. The number of ether oxygens (including phenoxy) is 2. The molecule has 3 aliphatic rings. The Bertz CT molecular complexity index is 405. The van der Waals surface area contributed by atoms with Gasteiger partial charge in [0.2, 0.25) is 0 Å². The lowest BCUT2D eigenvalue weighted by molar-refractivity contribution is 0.0229. The van der Waals surface area contributed by atoms with Crippen LogP contribution in [0.4, 0.5) is 0 Å². The summed E-state index contributed by atoms with van der Waals surface area (Å²) in [5, 5.41) is 0. The Kier molecular flexibility index (Phi) is 4.44. The molecule has 4 heteroatoms. The Morgan fingerprint density at radius 2 is 1.55 bits per heavy atom. The highest BCUT2D eigenvalue weighted by atomic mass is 16.5. The molecule has 0 radical (unpaired) electrons. The Morgan fingerprint density at radius 1 is 0.950 bits per heavy atom. The van der Waals surface area contributed by atoms with Gasteiger partial charge in [0.25, 0.3) is 0 Å². The van der Waals surface area contributed by atoms with Gasteiger partial charge in [-0.1, -0.05) is 11.6 Å². The molecule has 0 saturated carbocycles. The van der Waals surface area contributed by atoms with Crippen LogP contribution in [0.25, 0.3) is 0 Å². The van der Waals surface area contributed by atoms with Crippen molar-refractivity contribution < 1.29 is 9.47 Å². The number of morpholine rings is 2. The van der Waals surface area contributed by atoms with Gasteiger partial charge in [0.15, 0.2) is 0 Å². The van der Waals surface area contributed by atoms with Crippen molar-refractivity contribution in [3.05, 3.63) is 22.9 Å². The zero-order valence-electron chi connectivity index (χ0n) is 12.7. The minimum Gasteiger partial charge on any atom is -0.379 e. The summed E-state index contributed by atoms with van der Waals surface area (Å²) >= 11 is 0. The standard InChI is InChI=1S/C16H26N2O2/c1-13-14(2)16(18-7-11-20-12-8-18)4-3-15(13)17-5-9-19-10-6-17/h3,16H,4-12H2,1-2H3. The van der Waals surface area contributed by atoms with Crippen LogP contribution in [0.1, 0.15) is 20.3 Å². The van der Waals surface area contributed by atoms with Crippen molar-refractivity contribution in [1.29, 1.82) is 0 Å². The van der Waals surface area contributed by atoms with E-state index in [1.54, 1.807) is 0 Å². The molecule has 112 valence electrons. The molecule has 0 aromatic rings. The second-order valence-corrected chi connectivity index (χ2v) is 5.90. The first-order valence-corrected chi connectivity index (χ1v) is 7.80. The summed E-state index contributed by atoms with van der Waals surface area (Å²) < 4.78 is 10.9. The molecule has 1 atom stereocenters. The maximum Gasteiger partial charge on any atom is 0.0642 e. The maximum absolute atomic E-state index is 5.47. The molecule has 2 fully saturated rings. The molecule has 0 N–H and O–H groups in total.